The van der Waals surface area contributed by atoms with Crippen molar-refractivity contribution in [3.8, 4) is 0 Å². The third kappa shape index (κ3) is 3.27. The number of hydrogen-bond acceptors (Lipinski definition) is 6. The lowest BCUT2D eigenvalue weighted by atomic mass is 10.2. The van der Waals surface area contributed by atoms with Gasteiger partial charge < -0.3 is 15.1 Å². The predicted octanol–water partition coefficient (Wildman–Crippen LogP) is 1.49. The lowest BCUT2D eigenvalue weighted by Gasteiger charge is -2.03. The molecule has 6 heteroatoms. The Hall–Kier alpha value is -1.95. The van der Waals surface area contributed by atoms with Gasteiger partial charge >= 0.3 is 6.01 Å². The van der Waals surface area contributed by atoms with Gasteiger partial charge in [-0.1, -0.05) is 18.1 Å². The number of nitrogens with zero attached hydrogens (tertiary/aromatic N) is 3. The summed E-state index contributed by atoms with van der Waals surface area (Å²) in [6.07, 6.45) is 1.77. The van der Waals surface area contributed by atoms with Gasteiger partial charge in [-0.2, -0.15) is 0 Å². The highest BCUT2D eigenvalue weighted by atomic mass is 16.4. The molecule has 0 spiro atoms. The molecule has 0 aliphatic rings. The second kappa shape index (κ2) is 6.11. The van der Waals surface area contributed by atoms with Crippen molar-refractivity contribution >= 4 is 6.01 Å². The monoisotopic (exact) mass is 247 g/mol. The Morgan fingerprint density at radius 1 is 1.28 bits per heavy atom. The molecule has 2 N–H and O–H groups in total. The SMILES string of the molecule is CCNCc1nnc(NCc2ncccc2C)o1. The molecule has 0 bridgehead atoms. The van der Waals surface area contributed by atoms with E-state index in [1.165, 1.54) is 0 Å². The van der Waals surface area contributed by atoms with Gasteiger partial charge in [-0.25, -0.2) is 0 Å². The van der Waals surface area contributed by atoms with E-state index in [9.17, 15) is 0 Å². The first-order chi connectivity index (χ1) is 8.79. The van der Waals surface area contributed by atoms with Crippen LogP contribution in [-0.4, -0.2) is 21.7 Å². The third-order valence-electron chi connectivity index (χ3n) is 2.52. The van der Waals surface area contributed by atoms with Gasteiger partial charge in [-0.15, -0.1) is 5.10 Å². The molecule has 0 saturated carbocycles. The molecule has 0 unspecified atom stereocenters. The van der Waals surface area contributed by atoms with Gasteiger partial charge in [0, 0.05) is 6.20 Å². The highest BCUT2D eigenvalue weighted by molar-refractivity contribution is 5.24. The van der Waals surface area contributed by atoms with Crippen molar-refractivity contribution in [3.05, 3.63) is 35.5 Å². The van der Waals surface area contributed by atoms with Gasteiger partial charge in [0.1, 0.15) is 0 Å². The van der Waals surface area contributed by atoms with Gasteiger partial charge in [0.25, 0.3) is 0 Å². The zero-order chi connectivity index (χ0) is 12.8. The summed E-state index contributed by atoms with van der Waals surface area (Å²) < 4.78 is 5.42. The van der Waals surface area contributed by atoms with Crippen LogP contribution in [-0.2, 0) is 13.1 Å². The van der Waals surface area contributed by atoms with Gasteiger partial charge in [0.2, 0.25) is 5.89 Å². The maximum absolute atomic E-state index is 5.42. The lowest BCUT2D eigenvalue weighted by Crippen LogP contribution is -2.11. The smallest absolute Gasteiger partial charge is 0.315 e. The van der Waals surface area contributed by atoms with Gasteiger partial charge in [-0.05, 0) is 25.1 Å². The maximum Gasteiger partial charge on any atom is 0.315 e. The summed E-state index contributed by atoms with van der Waals surface area (Å²) in [5, 5.41) is 14.0. The Bertz CT molecular complexity index is 497. The largest absolute Gasteiger partial charge is 0.407 e. The van der Waals surface area contributed by atoms with E-state index < -0.39 is 0 Å². The Balaban J connectivity index is 1.90. The van der Waals surface area contributed by atoms with Crippen LogP contribution in [0.1, 0.15) is 24.1 Å². The molecule has 2 heterocycles. The van der Waals surface area contributed by atoms with Crippen LogP contribution in [0.15, 0.2) is 22.7 Å². The standard InChI is InChI=1S/C12H17N5O/c1-3-13-8-11-16-17-12(18-11)15-7-10-9(2)5-4-6-14-10/h4-6,13H,3,7-8H2,1-2H3,(H,15,17). The maximum atomic E-state index is 5.42. The number of aryl methyl sites for hydroxylation is 1. The quantitative estimate of drug-likeness (QED) is 0.805. The molecule has 0 amide bonds. The van der Waals surface area contributed by atoms with Gasteiger partial charge in [0.15, 0.2) is 0 Å². The van der Waals surface area contributed by atoms with Gasteiger partial charge in [0.05, 0.1) is 18.8 Å². The van der Waals surface area contributed by atoms with E-state index in [0.717, 1.165) is 17.8 Å². The Morgan fingerprint density at radius 2 is 2.17 bits per heavy atom. The zero-order valence-corrected chi connectivity index (χ0v) is 10.6. The van der Waals surface area contributed by atoms with Crippen molar-refractivity contribution in [2.45, 2.75) is 26.9 Å². The fourth-order valence-corrected chi connectivity index (χ4v) is 1.49. The van der Waals surface area contributed by atoms with Gasteiger partial charge in [-0.3, -0.25) is 4.98 Å². The number of aromatic nitrogens is 3. The summed E-state index contributed by atoms with van der Waals surface area (Å²) in [5.74, 6) is 0.581. The minimum Gasteiger partial charge on any atom is -0.407 e. The van der Waals surface area contributed by atoms with Crippen molar-refractivity contribution in [2.24, 2.45) is 0 Å². The lowest BCUT2D eigenvalue weighted by molar-refractivity contribution is 0.481. The molecule has 96 valence electrons. The summed E-state index contributed by atoms with van der Waals surface area (Å²) in [5.41, 5.74) is 2.11. The van der Waals surface area contributed by atoms with E-state index in [0.29, 0.717) is 25.0 Å². The molecular weight excluding hydrogens is 230 g/mol. The van der Waals surface area contributed by atoms with Crippen molar-refractivity contribution in [3.63, 3.8) is 0 Å². The average molecular weight is 247 g/mol. The highest BCUT2D eigenvalue weighted by Crippen LogP contribution is 2.09. The normalized spacial score (nSPS) is 10.6. The van der Waals surface area contributed by atoms with Crippen LogP contribution in [0, 0.1) is 6.92 Å². The number of pyridine rings is 1. The predicted molar refractivity (Wildman–Crippen MR) is 68.0 cm³/mol. The molecule has 6 nitrogen and oxygen atoms in total. The molecular formula is C12H17N5O. The van der Waals surface area contributed by atoms with Crippen LogP contribution in [0.5, 0.6) is 0 Å². The number of nitrogens with one attached hydrogen (secondary N) is 2. The molecule has 2 rings (SSSR count). The molecule has 0 radical (unpaired) electrons. The second-order valence-corrected chi connectivity index (χ2v) is 3.90. The number of hydrogen-bond donors (Lipinski definition) is 2. The molecule has 2 aromatic rings. The van der Waals surface area contributed by atoms with E-state index in [1.807, 2.05) is 26.0 Å². The zero-order valence-electron chi connectivity index (χ0n) is 10.6. The molecule has 18 heavy (non-hydrogen) atoms. The van der Waals surface area contributed by atoms with Crippen molar-refractivity contribution in [1.82, 2.24) is 20.5 Å². The van der Waals surface area contributed by atoms with Crippen LogP contribution in [0.25, 0.3) is 0 Å². The first-order valence-electron chi connectivity index (χ1n) is 5.97. The van der Waals surface area contributed by atoms with E-state index >= 15 is 0 Å². The molecule has 0 aliphatic heterocycles. The van der Waals surface area contributed by atoms with E-state index in [2.05, 4.69) is 25.8 Å². The van der Waals surface area contributed by atoms with Crippen LogP contribution >= 0.6 is 0 Å². The number of rotatable bonds is 6. The van der Waals surface area contributed by atoms with Crippen molar-refractivity contribution in [1.29, 1.82) is 0 Å². The molecule has 0 fully saturated rings. The summed E-state index contributed by atoms with van der Waals surface area (Å²) in [6, 6.07) is 4.36. The van der Waals surface area contributed by atoms with Crippen molar-refractivity contribution in [2.75, 3.05) is 11.9 Å². The fraction of sp³-hybridized carbons (Fsp3) is 0.417. The minimum atomic E-state index is 0.424. The molecule has 0 saturated heterocycles. The van der Waals surface area contributed by atoms with E-state index in [4.69, 9.17) is 4.42 Å². The summed E-state index contributed by atoms with van der Waals surface area (Å²) in [4.78, 5) is 4.29. The van der Waals surface area contributed by atoms with E-state index in [-0.39, 0.29) is 0 Å². The van der Waals surface area contributed by atoms with Crippen LogP contribution in [0.2, 0.25) is 0 Å². The summed E-state index contributed by atoms with van der Waals surface area (Å²) >= 11 is 0. The topological polar surface area (TPSA) is 75.9 Å². The Labute approximate surface area is 106 Å². The number of anilines is 1. The summed E-state index contributed by atoms with van der Waals surface area (Å²) in [6.45, 7) is 6.09. The fourth-order valence-electron chi connectivity index (χ4n) is 1.49. The average Bonchev–Trinajstić information content (AvgIpc) is 2.83. The van der Waals surface area contributed by atoms with Crippen LogP contribution in [0.4, 0.5) is 6.01 Å². The Kier molecular flexibility index (Phi) is 4.25. The van der Waals surface area contributed by atoms with E-state index in [1.54, 1.807) is 6.20 Å². The third-order valence-corrected chi connectivity index (χ3v) is 2.52. The summed E-state index contributed by atoms with van der Waals surface area (Å²) in [7, 11) is 0. The highest BCUT2D eigenvalue weighted by Gasteiger charge is 2.05. The minimum absolute atomic E-state index is 0.424. The molecule has 0 aromatic carbocycles. The molecule has 2 aromatic heterocycles. The first kappa shape index (κ1) is 12.5. The molecule has 0 atom stereocenters. The van der Waals surface area contributed by atoms with Crippen molar-refractivity contribution < 1.29 is 4.42 Å². The van der Waals surface area contributed by atoms with Crippen LogP contribution < -0.4 is 10.6 Å². The van der Waals surface area contributed by atoms with Crippen LogP contribution in [0.3, 0.4) is 0 Å². The second-order valence-electron chi connectivity index (χ2n) is 3.90. The first-order valence-corrected chi connectivity index (χ1v) is 5.97. The molecule has 0 aliphatic carbocycles. The Morgan fingerprint density at radius 3 is 2.94 bits per heavy atom.